The van der Waals surface area contributed by atoms with Crippen LogP contribution in [0.25, 0.3) is 0 Å². The van der Waals surface area contributed by atoms with Gasteiger partial charge in [0.25, 0.3) is 0 Å². The Kier molecular flexibility index (Phi) is 13.2. The molecule has 8 aromatic carbocycles. The molecule has 2 aliphatic rings. The van der Waals surface area contributed by atoms with E-state index in [0.29, 0.717) is 17.6 Å². The van der Waals surface area contributed by atoms with Gasteiger partial charge in [-0.15, -0.1) is 4.44 Å². The summed E-state index contributed by atoms with van der Waals surface area (Å²) in [4.78, 5) is 0. The molecule has 1 aliphatic carbocycles. The van der Waals surface area contributed by atoms with Crippen LogP contribution in [0.4, 0.5) is 0 Å². The zero-order valence-corrected chi connectivity index (χ0v) is 40.4. The van der Waals surface area contributed by atoms with Crippen LogP contribution in [0.3, 0.4) is 0 Å². The van der Waals surface area contributed by atoms with Crippen LogP contribution in [0.5, 0.6) is 0 Å². The fourth-order valence-electron chi connectivity index (χ4n) is 10.8. The van der Waals surface area contributed by atoms with Gasteiger partial charge in [0.2, 0.25) is 0 Å². The molecule has 2 fully saturated rings. The van der Waals surface area contributed by atoms with Gasteiger partial charge in [-0.05, 0) is 87.7 Å². The van der Waals surface area contributed by atoms with Gasteiger partial charge in [-0.3, -0.25) is 0 Å². The van der Waals surface area contributed by atoms with Crippen molar-refractivity contribution in [3.63, 3.8) is 0 Å². The molecule has 0 aromatic heterocycles. The summed E-state index contributed by atoms with van der Waals surface area (Å²) < 4.78 is 6.25. The summed E-state index contributed by atoms with van der Waals surface area (Å²) in [6, 6.07) is 92.8. The molecule has 0 spiro atoms. The van der Waals surface area contributed by atoms with Crippen molar-refractivity contribution < 1.29 is 0 Å². The van der Waals surface area contributed by atoms with Crippen LogP contribution in [-0.2, 0) is 0 Å². The Morgan fingerprint density at radius 3 is 1.12 bits per heavy atom. The van der Waals surface area contributed by atoms with Gasteiger partial charge < -0.3 is 0 Å². The quantitative estimate of drug-likeness (QED) is 0.106. The highest BCUT2D eigenvalue weighted by molar-refractivity contribution is 7.95. The molecule has 10 rings (SSSR count). The summed E-state index contributed by atoms with van der Waals surface area (Å²) in [5.74, 6) is 0.558. The standard InChI is InChI=1S/C58H57N2P4/c1-47-56-43-44-58(2,46-59(61(48-27-11-3-12-28-48)49-29-13-4-14-30-49)62(50-31-15-5-16-32-50)51-33-17-6-18-34-51)45-57(56)60(63(52-35-19-7-20-36-52)53-37-21-8-22-38-53)64(47,54-39-23-9-24-40-54)55-41-25-10-26-42-55/h3-42,47,56-57H,43-46H2,1-2H3/q+1. The van der Waals surface area contributed by atoms with E-state index < -0.39 is 31.6 Å². The topological polar surface area (TPSA) is 6.48 Å². The van der Waals surface area contributed by atoms with E-state index in [4.69, 9.17) is 0 Å². The molecule has 6 heteroatoms. The molecule has 0 radical (unpaired) electrons. The Morgan fingerprint density at radius 2 is 0.781 bits per heavy atom. The Morgan fingerprint density at radius 1 is 0.469 bits per heavy atom. The van der Waals surface area contributed by atoms with Crippen LogP contribution in [0, 0.1) is 11.3 Å². The summed E-state index contributed by atoms with van der Waals surface area (Å²) in [6.07, 6.45) is 3.54. The van der Waals surface area contributed by atoms with Crippen LogP contribution < -0.4 is 42.4 Å². The zero-order valence-electron chi connectivity index (χ0n) is 36.8. The van der Waals surface area contributed by atoms with Gasteiger partial charge in [-0.2, -0.15) is 0 Å². The zero-order chi connectivity index (χ0) is 43.4. The molecule has 64 heavy (non-hydrogen) atoms. The van der Waals surface area contributed by atoms with E-state index in [1.807, 2.05) is 0 Å². The monoisotopic (exact) mass is 905 g/mol. The van der Waals surface area contributed by atoms with Crippen molar-refractivity contribution in [2.24, 2.45) is 11.3 Å². The lowest BCUT2D eigenvalue weighted by Gasteiger charge is -2.48. The second-order valence-electron chi connectivity index (χ2n) is 17.7. The molecular formula is C58H57N2P4+. The normalized spacial score (nSPS) is 20.8. The first-order chi connectivity index (χ1) is 31.5. The second-order valence-corrected chi connectivity index (χ2v) is 28.3. The lowest BCUT2D eigenvalue weighted by Crippen LogP contribution is -2.47. The molecule has 318 valence electrons. The van der Waals surface area contributed by atoms with E-state index >= 15 is 0 Å². The highest BCUT2D eigenvalue weighted by Gasteiger charge is 2.69. The third-order valence-electron chi connectivity index (χ3n) is 13.6. The highest BCUT2D eigenvalue weighted by atomic mass is 31.2. The third-order valence-corrected chi connectivity index (χ3v) is 27.4. The second kappa shape index (κ2) is 19.5. The SMILES string of the molecule is CC1C2CCC(C)(CN(P(c3ccccc3)c3ccccc3)P(c3ccccc3)c3ccccc3)CC2N(P(c2ccccc2)c2ccccc2)[P+]1(c1ccccc1)c1ccccc1. The van der Waals surface area contributed by atoms with Crippen LogP contribution >= 0.6 is 31.6 Å². The average molecular weight is 906 g/mol. The van der Waals surface area contributed by atoms with Gasteiger partial charge in [0.1, 0.15) is 10.6 Å². The Bertz CT molecular complexity index is 2440. The summed E-state index contributed by atoms with van der Waals surface area (Å²) >= 11 is 0. The van der Waals surface area contributed by atoms with E-state index in [-0.39, 0.29) is 5.41 Å². The van der Waals surface area contributed by atoms with E-state index in [1.54, 1.807) is 0 Å². The number of nitrogens with zero attached hydrogens (tertiary/aromatic N) is 2. The van der Waals surface area contributed by atoms with Crippen molar-refractivity contribution >= 4 is 74.1 Å². The highest BCUT2D eigenvalue weighted by Crippen LogP contribution is 2.80. The lowest BCUT2D eigenvalue weighted by molar-refractivity contribution is 0.119. The molecule has 1 saturated heterocycles. The molecule has 0 amide bonds. The molecule has 1 aliphatic heterocycles. The number of fused-ring (bicyclic) bond motifs is 1. The number of hydrogen-bond acceptors (Lipinski definition) is 2. The van der Waals surface area contributed by atoms with E-state index in [1.165, 1.54) is 55.3 Å². The van der Waals surface area contributed by atoms with Crippen molar-refractivity contribution in [1.82, 2.24) is 8.88 Å². The van der Waals surface area contributed by atoms with E-state index in [2.05, 4.69) is 265 Å². The molecule has 4 atom stereocenters. The van der Waals surface area contributed by atoms with Crippen LogP contribution in [-0.4, -0.2) is 27.1 Å². The molecule has 2 nitrogen and oxygen atoms in total. The molecule has 8 aromatic rings. The Hall–Kier alpha value is -4.60. The summed E-state index contributed by atoms with van der Waals surface area (Å²) in [5.41, 5.74) is 0.506. The maximum absolute atomic E-state index is 3.23. The average Bonchev–Trinajstić information content (AvgIpc) is 3.61. The molecule has 0 bridgehead atoms. The van der Waals surface area contributed by atoms with Gasteiger partial charge in [0, 0.05) is 28.6 Å². The maximum Gasteiger partial charge on any atom is 0.156 e. The van der Waals surface area contributed by atoms with Crippen LogP contribution in [0.1, 0.15) is 33.1 Å². The van der Waals surface area contributed by atoms with Crippen molar-refractivity contribution in [1.29, 1.82) is 0 Å². The minimum Gasteiger partial charge on any atom is -0.244 e. The summed E-state index contributed by atoms with van der Waals surface area (Å²) in [6.45, 7) is 6.32. The fraction of sp³-hybridized carbons (Fsp3) is 0.172. The molecule has 0 N–H and O–H groups in total. The van der Waals surface area contributed by atoms with E-state index in [9.17, 15) is 0 Å². The summed E-state index contributed by atoms with van der Waals surface area (Å²) in [7, 11) is -4.94. The van der Waals surface area contributed by atoms with Gasteiger partial charge >= 0.3 is 0 Å². The Balaban J connectivity index is 1.18. The number of rotatable bonds is 13. The lowest BCUT2D eigenvalue weighted by atomic mass is 9.69. The summed E-state index contributed by atoms with van der Waals surface area (Å²) in [5, 5.41) is 11.5. The van der Waals surface area contributed by atoms with Gasteiger partial charge in [0.05, 0.1) is 19.8 Å². The predicted molar refractivity (Wildman–Crippen MR) is 284 cm³/mol. The van der Waals surface area contributed by atoms with Crippen molar-refractivity contribution in [3.8, 4) is 0 Å². The van der Waals surface area contributed by atoms with E-state index in [0.717, 1.165) is 13.0 Å². The van der Waals surface area contributed by atoms with Crippen molar-refractivity contribution in [3.05, 3.63) is 243 Å². The van der Waals surface area contributed by atoms with Crippen molar-refractivity contribution in [2.75, 3.05) is 6.54 Å². The number of benzene rings is 8. The first-order valence-electron chi connectivity index (χ1n) is 22.8. The minimum atomic E-state index is -2.21. The molecule has 1 saturated carbocycles. The predicted octanol–water partition coefficient (Wildman–Crippen LogP) is 11.9. The van der Waals surface area contributed by atoms with Gasteiger partial charge in [-0.25, -0.2) is 4.44 Å². The van der Waals surface area contributed by atoms with Crippen LogP contribution in [0.2, 0.25) is 0 Å². The third kappa shape index (κ3) is 8.40. The fourth-order valence-corrected chi connectivity index (χ4v) is 27.2. The van der Waals surface area contributed by atoms with Crippen molar-refractivity contribution in [2.45, 2.75) is 44.8 Å². The largest absolute Gasteiger partial charge is 0.244 e. The molecule has 4 unspecified atom stereocenters. The first-order valence-corrected chi connectivity index (χ1v) is 28.5. The molecular weight excluding hydrogens is 849 g/mol. The van der Waals surface area contributed by atoms with Crippen LogP contribution in [0.15, 0.2) is 243 Å². The first kappa shape index (κ1) is 43.3. The maximum atomic E-state index is 3.23. The smallest absolute Gasteiger partial charge is 0.156 e. The Labute approximate surface area is 386 Å². The number of hydrogen-bond donors (Lipinski definition) is 0. The van der Waals surface area contributed by atoms with Gasteiger partial charge in [-0.1, -0.05) is 225 Å². The minimum absolute atomic E-state index is 0.0230. The molecule has 1 heterocycles. The van der Waals surface area contributed by atoms with Gasteiger partial charge in [0.15, 0.2) is 7.41 Å².